The van der Waals surface area contributed by atoms with Gasteiger partial charge < -0.3 is 9.72 Å². The Balaban J connectivity index is 1.73. The van der Waals surface area contributed by atoms with Gasteiger partial charge in [-0.3, -0.25) is 20.4 Å². The molecule has 0 unspecified atom stereocenters. The molecule has 6 nitrogen and oxygen atoms in total. The summed E-state index contributed by atoms with van der Waals surface area (Å²) in [6, 6.07) is 10.6. The first-order valence-corrected chi connectivity index (χ1v) is 6.84. The van der Waals surface area contributed by atoms with Crippen LogP contribution in [0.2, 0.25) is 0 Å². The van der Waals surface area contributed by atoms with Crippen LogP contribution in [-0.2, 0) is 4.79 Å². The molecular formula is C13H12IN3O3. The van der Waals surface area contributed by atoms with Gasteiger partial charge >= 0.3 is 0 Å². The first-order valence-electron chi connectivity index (χ1n) is 5.76. The molecule has 104 valence electrons. The van der Waals surface area contributed by atoms with Crippen LogP contribution >= 0.6 is 22.6 Å². The Morgan fingerprint density at radius 1 is 1.15 bits per heavy atom. The zero-order chi connectivity index (χ0) is 14.4. The summed E-state index contributed by atoms with van der Waals surface area (Å²) >= 11 is 2.18. The Labute approximate surface area is 129 Å². The van der Waals surface area contributed by atoms with E-state index in [1.165, 1.54) is 0 Å². The van der Waals surface area contributed by atoms with Gasteiger partial charge in [-0.2, -0.15) is 0 Å². The molecule has 1 aromatic carbocycles. The SMILES string of the molecule is O=C(COc1ccc(I)cc1)NNC(=O)c1ccc[nH]1. The van der Waals surface area contributed by atoms with Crippen LogP contribution in [0, 0.1) is 3.57 Å². The van der Waals surface area contributed by atoms with Crippen LogP contribution in [0.1, 0.15) is 10.5 Å². The smallest absolute Gasteiger partial charge is 0.286 e. The Bertz CT molecular complexity index is 581. The minimum Gasteiger partial charge on any atom is -0.484 e. The van der Waals surface area contributed by atoms with Gasteiger partial charge in [0.15, 0.2) is 6.61 Å². The average Bonchev–Trinajstić information content (AvgIpc) is 2.98. The molecule has 20 heavy (non-hydrogen) atoms. The summed E-state index contributed by atoms with van der Waals surface area (Å²) in [4.78, 5) is 25.7. The molecule has 0 bridgehead atoms. The van der Waals surface area contributed by atoms with Crippen molar-refractivity contribution in [2.24, 2.45) is 0 Å². The van der Waals surface area contributed by atoms with Crippen molar-refractivity contribution in [3.05, 3.63) is 51.9 Å². The third-order valence-corrected chi connectivity index (χ3v) is 3.06. The lowest BCUT2D eigenvalue weighted by Crippen LogP contribution is -2.43. The number of hydrazine groups is 1. The van der Waals surface area contributed by atoms with Crippen molar-refractivity contribution in [3.63, 3.8) is 0 Å². The van der Waals surface area contributed by atoms with E-state index in [9.17, 15) is 9.59 Å². The molecule has 0 atom stereocenters. The van der Waals surface area contributed by atoms with Crippen LogP contribution in [-0.4, -0.2) is 23.4 Å². The first-order chi connectivity index (χ1) is 9.65. The van der Waals surface area contributed by atoms with E-state index in [-0.39, 0.29) is 6.61 Å². The molecule has 0 spiro atoms. The zero-order valence-electron chi connectivity index (χ0n) is 10.4. The Morgan fingerprint density at radius 2 is 1.90 bits per heavy atom. The molecule has 0 saturated carbocycles. The summed E-state index contributed by atoms with van der Waals surface area (Å²) in [7, 11) is 0. The fourth-order valence-electron chi connectivity index (χ4n) is 1.38. The van der Waals surface area contributed by atoms with E-state index in [4.69, 9.17) is 4.74 Å². The topological polar surface area (TPSA) is 83.2 Å². The van der Waals surface area contributed by atoms with E-state index in [2.05, 4.69) is 38.4 Å². The average molecular weight is 385 g/mol. The van der Waals surface area contributed by atoms with Gasteiger partial charge in [0.25, 0.3) is 11.8 Å². The van der Waals surface area contributed by atoms with E-state index < -0.39 is 11.8 Å². The molecule has 2 rings (SSSR count). The van der Waals surface area contributed by atoms with Crippen molar-refractivity contribution < 1.29 is 14.3 Å². The van der Waals surface area contributed by atoms with Gasteiger partial charge in [-0.15, -0.1) is 0 Å². The lowest BCUT2D eigenvalue weighted by Gasteiger charge is -2.08. The second kappa shape index (κ2) is 6.94. The highest BCUT2D eigenvalue weighted by Gasteiger charge is 2.08. The predicted molar refractivity (Wildman–Crippen MR) is 81.1 cm³/mol. The lowest BCUT2D eigenvalue weighted by molar-refractivity contribution is -0.123. The van der Waals surface area contributed by atoms with Crippen molar-refractivity contribution in [2.45, 2.75) is 0 Å². The molecule has 0 saturated heterocycles. The number of carbonyl (C=O) groups excluding carboxylic acids is 2. The first kappa shape index (κ1) is 14.4. The molecule has 0 fully saturated rings. The number of rotatable bonds is 4. The van der Waals surface area contributed by atoms with E-state index in [1.54, 1.807) is 30.5 Å². The molecule has 3 N–H and O–H groups in total. The summed E-state index contributed by atoms with van der Waals surface area (Å²) in [5, 5.41) is 0. The van der Waals surface area contributed by atoms with Gasteiger partial charge in [0.1, 0.15) is 11.4 Å². The summed E-state index contributed by atoms with van der Waals surface area (Å²) in [5.74, 6) is -0.266. The summed E-state index contributed by atoms with van der Waals surface area (Å²) in [6.07, 6.45) is 1.62. The van der Waals surface area contributed by atoms with Crippen molar-refractivity contribution in [2.75, 3.05) is 6.61 Å². The van der Waals surface area contributed by atoms with Crippen LogP contribution in [0.25, 0.3) is 0 Å². The van der Waals surface area contributed by atoms with Crippen LogP contribution in [0.15, 0.2) is 42.6 Å². The van der Waals surface area contributed by atoms with Gasteiger partial charge in [-0.1, -0.05) is 0 Å². The minimum absolute atomic E-state index is 0.175. The molecule has 0 aliphatic rings. The second-order valence-corrected chi connectivity index (χ2v) is 5.07. The maximum Gasteiger partial charge on any atom is 0.286 e. The summed E-state index contributed by atoms with van der Waals surface area (Å²) in [6.45, 7) is -0.175. The molecule has 0 aliphatic heterocycles. The van der Waals surface area contributed by atoms with Crippen LogP contribution < -0.4 is 15.6 Å². The number of benzene rings is 1. The third-order valence-electron chi connectivity index (χ3n) is 2.34. The quantitative estimate of drug-likeness (QED) is 0.551. The number of ether oxygens (including phenoxy) is 1. The highest BCUT2D eigenvalue weighted by molar-refractivity contribution is 14.1. The van der Waals surface area contributed by atoms with E-state index in [0.29, 0.717) is 11.4 Å². The molecule has 1 heterocycles. The van der Waals surface area contributed by atoms with Gasteiger partial charge in [0.05, 0.1) is 0 Å². The van der Waals surface area contributed by atoms with Gasteiger partial charge in [-0.25, -0.2) is 0 Å². The van der Waals surface area contributed by atoms with Crippen molar-refractivity contribution in [3.8, 4) is 5.75 Å². The molecule has 1 aromatic heterocycles. The highest BCUT2D eigenvalue weighted by atomic mass is 127. The molecule has 2 aromatic rings. The Kier molecular flexibility index (Phi) is 4.99. The van der Waals surface area contributed by atoms with Gasteiger partial charge in [0.2, 0.25) is 0 Å². The number of halogens is 1. The second-order valence-electron chi connectivity index (χ2n) is 3.83. The number of hydrogen-bond acceptors (Lipinski definition) is 3. The van der Waals surface area contributed by atoms with E-state index in [0.717, 1.165) is 3.57 Å². The number of amides is 2. The number of aromatic nitrogens is 1. The largest absolute Gasteiger partial charge is 0.484 e. The fourth-order valence-corrected chi connectivity index (χ4v) is 1.74. The monoisotopic (exact) mass is 385 g/mol. The molecule has 2 amide bonds. The number of carbonyl (C=O) groups is 2. The van der Waals surface area contributed by atoms with Gasteiger partial charge in [0, 0.05) is 9.77 Å². The number of aromatic amines is 1. The Hall–Kier alpha value is -2.03. The van der Waals surface area contributed by atoms with Crippen molar-refractivity contribution in [1.82, 2.24) is 15.8 Å². The normalized spacial score (nSPS) is 9.85. The van der Waals surface area contributed by atoms with Crippen molar-refractivity contribution >= 4 is 34.4 Å². The van der Waals surface area contributed by atoms with Crippen LogP contribution in [0.5, 0.6) is 5.75 Å². The summed E-state index contributed by atoms with van der Waals surface area (Å²) < 4.78 is 6.35. The maximum absolute atomic E-state index is 11.5. The number of nitrogens with one attached hydrogen (secondary N) is 3. The van der Waals surface area contributed by atoms with Crippen LogP contribution in [0.3, 0.4) is 0 Å². The predicted octanol–water partition coefficient (Wildman–Crippen LogP) is 1.46. The standard InChI is InChI=1S/C13H12IN3O3/c14-9-3-5-10(6-4-9)20-8-12(18)16-17-13(19)11-2-1-7-15-11/h1-7,15H,8H2,(H,16,18)(H,17,19). The number of H-pyrrole nitrogens is 1. The molecule has 7 heteroatoms. The molecule has 0 radical (unpaired) electrons. The van der Waals surface area contributed by atoms with E-state index >= 15 is 0 Å². The minimum atomic E-state index is -0.441. The molecule has 0 aliphatic carbocycles. The van der Waals surface area contributed by atoms with Gasteiger partial charge in [-0.05, 0) is 59.0 Å². The Morgan fingerprint density at radius 3 is 2.55 bits per heavy atom. The van der Waals surface area contributed by atoms with Crippen molar-refractivity contribution in [1.29, 1.82) is 0 Å². The zero-order valence-corrected chi connectivity index (χ0v) is 12.5. The van der Waals surface area contributed by atoms with E-state index in [1.807, 2.05) is 12.1 Å². The maximum atomic E-state index is 11.5. The summed E-state index contributed by atoms with van der Waals surface area (Å²) in [5.41, 5.74) is 4.91. The number of hydrogen-bond donors (Lipinski definition) is 3. The molecular weight excluding hydrogens is 373 g/mol. The third kappa shape index (κ3) is 4.26. The fraction of sp³-hybridized carbons (Fsp3) is 0.0769. The van der Waals surface area contributed by atoms with Crippen LogP contribution in [0.4, 0.5) is 0 Å². The highest BCUT2D eigenvalue weighted by Crippen LogP contribution is 2.12. The lowest BCUT2D eigenvalue weighted by atomic mass is 10.3.